The minimum atomic E-state index is -0.422. The average molecular weight is 437 g/mol. The van der Waals surface area contributed by atoms with Crippen molar-refractivity contribution >= 4 is 5.91 Å². The van der Waals surface area contributed by atoms with Gasteiger partial charge in [0, 0.05) is 36.7 Å². The van der Waals surface area contributed by atoms with Gasteiger partial charge in [0.15, 0.2) is 0 Å². The van der Waals surface area contributed by atoms with Crippen LogP contribution < -0.4 is 16.4 Å². The van der Waals surface area contributed by atoms with E-state index in [0.29, 0.717) is 17.2 Å². The maximum absolute atomic E-state index is 13.1. The fraction of sp³-hybridized carbons (Fsp3) is 0.348. The molecular formula is C23H24FN5O3. The molecule has 0 bridgehead atoms. The summed E-state index contributed by atoms with van der Waals surface area (Å²) in [5.74, 6) is -0.406. The second-order valence-corrected chi connectivity index (χ2v) is 7.90. The summed E-state index contributed by atoms with van der Waals surface area (Å²) in [6.07, 6.45) is 6.02. The van der Waals surface area contributed by atoms with Crippen LogP contribution in [-0.4, -0.2) is 31.8 Å². The zero-order valence-electron chi connectivity index (χ0n) is 17.5. The number of carbonyl (C=O) groups excluding carboxylic acids is 1. The number of hydrogen-bond acceptors (Lipinski definition) is 5. The third-order valence-corrected chi connectivity index (χ3v) is 5.65. The molecule has 0 unspecified atom stereocenters. The number of amides is 1. The maximum Gasteiger partial charge on any atom is 0.267 e. The molecular weight excluding hydrogens is 413 g/mol. The first kappa shape index (κ1) is 21.6. The number of nitrogens with one attached hydrogen (secondary N) is 1. The van der Waals surface area contributed by atoms with Gasteiger partial charge in [-0.1, -0.05) is 12.8 Å². The normalized spacial score (nSPS) is 13.9. The quantitative estimate of drug-likeness (QED) is 0.610. The van der Waals surface area contributed by atoms with Gasteiger partial charge in [0.05, 0.1) is 17.7 Å². The molecule has 0 atom stereocenters. The Hall–Kier alpha value is -3.62. The van der Waals surface area contributed by atoms with Crippen molar-refractivity contribution in [2.75, 3.05) is 6.54 Å². The van der Waals surface area contributed by atoms with E-state index in [2.05, 4.69) is 15.4 Å². The van der Waals surface area contributed by atoms with Gasteiger partial charge in [-0.15, -0.1) is 0 Å². The molecule has 1 amide bonds. The first-order valence-corrected chi connectivity index (χ1v) is 10.7. The molecule has 1 aliphatic rings. The highest BCUT2D eigenvalue weighted by atomic mass is 19.1. The Morgan fingerprint density at radius 2 is 1.81 bits per heavy atom. The standard InChI is InChI=1S/C23H24FN5O3/c24-18-7-5-17(6-8-18)19-9-10-22(31)29(27-19)14-21(30)25-11-12-28-15-26-20(13-23(28)32)16-3-1-2-4-16/h5-10,13,15-16H,1-4,11-12,14H2,(H,25,30). The van der Waals surface area contributed by atoms with E-state index in [1.54, 1.807) is 18.2 Å². The smallest absolute Gasteiger partial charge is 0.267 e. The Labute approximate surface area is 183 Å². The first-order chi connectivity index (χ1) is 15.5. The molecule has 9 heteroatoms. The Kier molecular flexibility index (Phi) is 6.53. The highest BCUT2D eigenvalue weighted by Gasteiger charge is 2.19. The number of halogens is 1. The van der Waals surface area contributed by atoms with E-state index in [0.717, 1.165) is 23.2 Å². The molecule has 32 heavy (non-hydrogen) atoms. The van der Waals surface area contributed by atoms with Crippen LogP contribution in [0.1, 0.15) is 37.3 Å². The molecule has 0 aliphatic heterocycles. The van der Waals surface area contributed by atoms with Gasteiger partial charge >= 0.3 is 0 Å². The second kappa shape index (κ2) is 9.67. The minimum Gasteiger partial charge on any atom is -0.353 e. The van der Waals surface area contributed by atoms with Gasteiger partial charge in [-0.3, -0.25) is 19.0 Å². The maximum atomic E-state index is 13.1. The summed E-state index contributed by atoms with van der Waals surface area (Å²) in [4.78, 5) is 41.1. The van der Waals surface area contributed by atoms with Crippen molar-refractivity contribution in [3.05, 3.63) is 81.0 Å². The van der Waals surface area contributed by atoms with E-state index in [1.165, 1.54) is 48.0 Å². The summed E-state index contributed by atoms with van der Waals surface area (Å²) in [6, 6.07) is 10.1. The van der Waals surface area contributed by atoms with Crippen LogP contribution >= 0.6 is 0 Å². The van der Waals surface area contributed by atoms with E-state index >= 15 is 0 Å². The van der Waals surface area contributed by atoms with Crippen molar-refractivity contribution in [2.45, 2.75) is 44.7 Å². The average Bonchev–Trinajstić information content (AvgIpc) is 3.32. The summed E-state index contributed by atoms with van der Waals surface area (Å²) in [6.45, 7) is 0.234. The van der Waals surface area contributed by atoms with E-state index in [-0.39, 0.29) is 31.0 Å². The van der Waals surface area contributed by atoms with Gasteiger partial charge in [0.2, 0.25) is 5.91 Å². The lowest BCUT2D eigenvalue weighted by Gasteiger charge is -2.11. The fourth-order valence-corrected chi connectivity index (χ4v) is 3.90. The van der Waals surface area contributed by atoms with Crippen molar-refractivity contribution in [1.29, 1.82) is 0 Å². The van der Waals surface area contributed by atoms with Gasteiger partial charge in [-0.05, 0) is 43.2 Å². The van der Waals surface area contributed by atoms with Crippen molar-refractivity contribution in [3.8, 4) is 11.3 Å². The van der Waals surface area contributed by atoms with Gasteiger partial charge in [0.1, 0.15) is 12.4 Å². The van der Waals surface area contributed by atoms with E-state index in [1.807, 2.05) is 0 Å². The van der Waals surface area contributed by atoms with Crippen molar-refractivity contribution < 1.29 is 9.18 Å². The molecule has 1 aromatic carbocycles. The van der Waals surface area contributed by atoms with Gasteiger partial charge in [-0.25, -0.2) is 14.1 Å². The lowest BCUT2D eigenvalue weighted by atomic mass is 10.0. The Morgan fingerprint density at radius 1 is 1.06 bits per heavy atom. The summed E-state index contributed by atoms with van der Waals surface area (Å²) in [5, 5.41) is 6.89. The lowest BCUT2D eigenvalue weighted by Crippen LogP contribution is -2.36. The molecule has 4 rings (SSSR count). The highest BCUT2D eigenvalue weighted by molar-refractivity contribution is 5.75. The van der Waals surface area contributed by atoms with Crippen LogP contribution in [0.25, 0.3) is 11.3 Å². The van der Waals surface area contributed by atoms with Crippen LogP contribution in [-0.2, 0) is 17.9 Å². The highest BCUT2D eigenvalue weighted by Crippen LogP contribution is 2.32. The molecule has 1 N–H and O–H groups in total. The van der Waals surface area contributed by atoms with Crippen LogP contribution in [0.15, 0.2) is 58.4 Å². The zero-order chi connectivity index (χ0) is 22.5. The predicted octanol–water partition coefficient (Wildman–Crippen LogP) is 2.08. The van der Waals surface area contributed by atoms with Crippen LogP contribution in [0.2, 0.25) is 0 Å². The molecule has 3 aromatic rings. The number of rotatable bonds is 7. The lowest BCUT2D eigenvalue weighted by molar-refractivity contribution is -0.121. The Bertz CT molecular complexity index is 1210. The topological polar surface area (TPSA) is 98.9 Å². The molecule has 0 radical (unpaired) electrons. The van der Waals surface area contributed by atoms with Gasteiger partial charge in [-0.2, -0.15) is 5.10 Å². The van der Waals surface area contributed by atoms with Crippen LogP contribution in [0.3, 0.4) is 0 Å². The molecule has 1 fully saturated rings. The van der Waals surface area contributed by atoms with Crippen LogP contribution in [0, 0.1) is 5.82 Å². The van der Waals surface area contributed by atoms with E-state index < -0.39 is 11.5 Å². The number of carbonyl (C=O) groups is 1. The summed E-state index contributed by atoms with van der Waals surface area (Å²) >= 11 is 0. The van der Waals surface area contributed by atoms with Crippen molar-refractivity contribution in [1.82, 2.24) is 24.6 Å². The predicted molar refractivity (Wildman–Crippen MR) is 117 cm³/mol. The monoisotopic (exact) mass is 437 g/mol. The molecule has 1 saturated carbocycles. The number of aromatic nitrogens is 4. The number of benzene rings is 1. The van der Waals surface area contributed by atoms with Crippen LogP contribution in [0.4, 0.5) is 4.39 Å². The third kappa shape index (κ3) is 5.16. The van der Waals surface area contributed by atoms with Crippen LogP contribution in [0.5, 0.6) is 0 Å². The van der Waals surface area contributed by atoms with E-state index in [9.17, 15) is 18.8 Å². The second-order valence-electron chi connectivity index (χ2n) is 7.90. The van der Waals surface area contributed by atoms with Gasteiger partial charge < -0.3 is 5.32 Å². The zero-order valence-corrected chi connectivity index (χ0v) is 17.5. The van der Waals surface area contributed by atoms with Crippen molar-refractivity contribution in [3.63, 3.8) is 0 Å². The minimum absolute atomic E-state index is 0.138. The molecule has 1 aliphatic carbocycles. The largest absolute Gasteiger partial charge is 0.353 e. The SMILES string of the molecule is O=C(Cn1nc(-c2ccc(F)cc2)ccc1=O)NCCn1cnc(C2CCCC2)cc1=O. The number of hydrogen-bond donors (Lipinski definition) is 1. The molecule has 2 aromatic heterocycles. The Balaban J connectivity index is 1.34. The number of nitrogens with zero attached hydrogens (tertiary/aromatic N) is 4. The molecule has 0 spiro atoms. The first-order valence-electron chi connectivity index (χ1n) is 10.7. The summed E-state index contributed by atoms with van der Waals surface area (Å²) in [7, 11) is 0. The third-order valence-electron chi connectivity index (χ3n) is 5.65. The summed E-state index contributed by atoms with van der Waals surface area (Å²) < 4.78 is 15.6. The fourth-order valence-electron chi connectivity index (χ4n) is 3.90. The Morgan fingerprint density at radius 3 is 2.53 bits per heavy atom. The molecule has 8 nitrogen and oxygen atoms in total. The molecule has 0 saturated heterocycles. The molecule has 2 heterocycles. The van der Waals surface area contributed by atoms with Gasteiger partial charge in [0.25, 0.3) is 11.1 Å². The summed E-state index contributed by atoms with van der Waals surface area (Å²) in [5.41, 5.74) is 1.38. The van der Waals surface area contributed by atoms with Crippen molar-refractivity contribution in [2.24, 2.45) is 0 Å². The van der Waals surface area contributed by atoms with E-state index in [4.69, 9.17) is 0 Å². The molecule has 166 valence electrons.